The van der Waals surface area contributed by atoms with Gasteiger partial charge in [0.2, 0.25) is 0 Å². The summed E-state index contributed by atoms with van der Waals surface area (Å²) in [5, 5.41) is 0. The summed E-state index contributed by atoms with van der Waals surface area (Å²) in [5.74, 6) is 6.73. The van der Waals surface area contributed by atoms with Gasteiger partial charge >= 0.3 is 0 Å². The number of hydrogen-bond donors (Lipinski definition) is 0. The van der Waals surface area contributed by atoms with E-state index in [1.165, 1.54) is 22.3 Å². The molecule has 4 aromatic rings. The van der Waals surface area contributed by atoms with E-state index in [0.717, 1.165) is 18.7 Å². The molecule has 0 aliphatic heterocycles. The molecule has 0 unspecified atom stereocenters. The zero-order valence-corrected chi connectivity index (χ0v) is 19.4. The highest BCUT2D eigenvalue weighted by Gasteiger charge is 2.06. The van der Waals surface area contributed by atoms with Crippen molar-refractivity contribution < 1.29 is 0 Å². The summed E-state index contributed by atoms with van der Waals surface area (Å²) in [5.41, 5.74) is 6.11. The average molecular weight is 450 g/mol. The average Bonchev–Trinajstić information content (AvgIpc) is 2.86. The van der Waals surface area contributed by atoms with Crippen molar-refractivity contribution in [1.82, 2.24) is 4.90 Å². The Hall–Kier alpha value is -3.57. The van der Waals surface area contributed by atoms with E-state index in [-0.39, 0.29) is 12.4 Å². The minimum Gasteiger partial charge on any atom is -0.284 e. The number of allylic oxidation sites excluding steroid dienone is 1. The summed E-state index contributed by atoms with van der Waals surface area (Å²) in [4.78, 5) is 2.39. The van der Waals surface area contributed by atoms with Gasteiger partial charge in [-0.3, -0.25) is 4.90 Å². The standard InChI is InChI=1S/C31H27N.ClH/c1-5-15-27(16-6-1)25-32(26-28-17-7-2-8-18-28)24-14-13-23-31(29-19-9-3-10-20-29)30-21-11-4-12-22-30;/h1-12,15-23H,24-26H2;1H. The highest BCUT2D eigenvalue weighted by molar-refractivity contribution is 5.85. The van der Waals surface area contributed by atoms with Crippen LogP contribution in [0.15, 0.2) is 127 Å². The molecule has 0 aliphatic rings. The van der Waals surface area contributed by atoms with Gasteiger partial charge in [-0.1, -0.05) is 133 Å². The first-order valence-electron chi connectivity index (χ1n) is 11.0. The van der Waals surface area contributed by atoms with Crippen molar-refractivity contribution in [2.45, 2.75) is 13.1 Å². The number of benzene rings is 4. The molecule has 0 radical (unpaired) electrons. The number of rotatable bonds is 7. The van der Waals surface area contributed by atoms with Crippen molar-refractivity contribution in [2.75, 3.05) is 6.54 Å². The second-order valence-electron chi connectivity index (χ2n) is 7.73. The normalized spacial score (nSPS) is 9.97. The maximum Gasteiger partial charge on any atom is 0.0611 e. The van der Waals surface area contributed by atoms with Crippen molar-refractivity contribution in [3.05, 3.63) is 150 Å². The van der Waals surface area contributed by atoms with Crippen LogP contribution in [0.25, 0.3) is 5.57 Å². The third-order valence-corrected chi connectivity index (χ3v) is 5.29. The van der Waals surface area contributed by atoms with Crippen molar-refractivity contribution >= 4 is 18.0 Å². The van der Waals surface area contributed by atoms with Gasteiger partial charge in [-0.25, -0.2) is 0 Å². The summed E-state index contributed by atoms with van der Waals surface area (Å²) in [6.45, 7) is 2.45. The van der Waals surface area contributed by atoms with Crippen LogP contribution >= 0.6 is 12.4 Å². The Morgan fingerprint density at radius 3 is 1.39 bits per heavy atom. The molecule has 0 fully saturated rings. The Morgan fingerprint density at radius 2 is 0.970 bits per heavy atom. The molecule has 0 spiro atoms. The van der Waals surface area contributed by atoms with Crippen LogP contribution in [0.1, 0.15) is 22.3 Å². The minimum atomic E-state index is 0. The lowest BCUT2D eigenvalue weighted by molar-refractivity contribution is 0.290. The van der Waals surface area contributed by atoms with Gasteiger partial charge < -0.3 is 0 Å². The quantitative estimate of drug-likeness (QED) is 0.268. The molecule has 0 heterocycles. The van der Waals surface area contributed by atoms with Gasteiger partial charge in [0.25, 0.3) is 0 Å². The Morgan fingerprint density at radius 1 is 0.576 bits per heavy atom. The second kappa shape index (κ2) is 13.1. The van der Waals surface area contributed by atoms with E-state index in [1.54, 1.807) is 0 Å². The first-order valence-corrected chi connectivity index (χ1v) is 11.0. The molecule has 164 valence electrons. The summed E-state index contributed by atoms with van der Waals surface area (Å²) in [6.07, 6.45) is 2.05. The van der Waals surface area contributed by atoms with Gasteiger partial charge in [0.05, 0.1) is 6.54 Å². The summed E-state index contributed by atoms with van der Waals surface area (Å²) >= 11 is 0. The molecule has 0 bridgehead atoms. The molecule has 0 saturated carbocycles. The molecule has 0 saturated heterocycles. The van der Waals surface area contributed by atoms with Crippen LogP contribution < -0.4 is 0 Å². The van der Waals surface area contributed by atoms with Crippen LogP contribution in [0.2, 0.25) is 0 Å². The Bertz CT molecular complexity index is 1090. The zero-order valence-electron chi connectivity index (χ0n) is 18.6. The van der Waals surface area contributed by atoms with Gasteiger partial charge in [-0.05, 0) is 33.9 Å². The monoisotopic (exact) mass is 449 g/mol. The fourth-order valence-electron chi connectivity index (χ4n) is 3.70. The van der Waals surface area contributed by atoms with Crippen molar-refractivity contribution in [1.29, 1.82) is 0 Å². The first-order chi connectivity index (χ1) is 15.9. The Balaban J connectivity index is 0.00000306. The van der Waals surface area contributed by atoms with Crippen LogP contribution in [0.5, 0.6) is 0 Å². The molecule has 2 heteroatoms. The molecule has 0 aromatic heterocycles. The third-order valence-electron chi connectivity index (χ3n) is 5.29. The van der Waals surface area contributed by atoms with E-state index < -0.39 is 0 Å². The number of halogens is 1. The van der Waals surface area contributed by atoms with Crippen molar-refractivity contribution in [2.24, 2.45) is 0 Å². The molecule has 0 amide bonds. The number of hydrogen-bond acceptors (Lipinski definition) is 1. The van der Waals surface area contributed by atoms with Crippen LogP contribution in [0.3, 0.4) is 0 Å². The summed E-state index contributed by atoms with van der Waals surface area (Å²) in [7, 11) is 0. The molecule has 1 nitrogen and oxygen atoms in total. The van der Waals surface area contributed by atoms with Gasteiger partial charge in [-0.2, -0.15) is 0 Å². The van der Waals surface area contributed by atoms with E-state index in [2.05, 4.69) is 126 Å². The predicted octanol–water partition coefficient (Wildman–Crippen LogP) is 7.25. The Kier molecular flexibility index (Phi) is 9.55. The zero-order chi connectivity index (χ0) is 21.8. The smallest absolute Gasteiger partial charge is 0.0611 e. The minimum absolute atomic E-state index is 0. The molecular weight excluding hydrogens is 422 g/mol. The highest BCUT2D eigenvalue weighted by Crippen LogP contribution is 2.22. The SMILES string of the molecule is C(#CCN(Cc1ccccc1)Cc1ccccc1)C=C(c1ccccc1)c1ccccc1.Cl. The first kappa shape index (κ1) is 24.1. The van der Waals surface area contributed by atoms with E-state index >= 15 is 0 Å². The largest absolute Gasteiger partial charge is 0.284 e. The van der Waals surface area contributed by atoms with E-state index in [1.807, 2.05) is 18.2 Å². The lowest BCUT2D eigenvalue weighted by Crippen LogP contribution is -2.23. The van der Waals surface area contributed by atoms with Gasteiger partial charge in [0, 0.05) is 13.1 Å². The number of nitrogens with zero attached hydrogens (tertiary/aromatic N) is 1. The second-order valence-corrected chi connectivity index (χ2v) is 7.73. The van der Waals surface area contributed by atoms with Crippen LogP contribution in [0.4, 0.5) is 0 Å². The van der Waals surface area contributed by atoms with Gasteiger partial charge in [0.1, 0.15) is 0 Å². The van der Waals surface area contributed by atoms with E-state index in [4.69, 9.17) is 0 Å². The van der Waals surface area contributed by atoms with Crippen LogP contribution in [-0.2, 0) is 13.1 Å². The molecule has 4 aromatic carbocycles. The molecule has 0 aliphatic carbocycles. The lowest BCUT2D eigenvalue weighted by atomic mass is 9.98. The molecule has 0 N–H and O–H groups in total. The maximum atomic E-state index is 3.40. The lowest BCUT2D eigenvalue weighted by Gasteiger charge is -2.20. The van der Waals surface area contributed by atoms with Crippen molar-refractivity contribution in [3.8, 4) is 11.8 Å². The summed E-state index contributed by atoms with van der Waals surface area (Å²) < 4.78 is 0. The molecular formula is C31H28ClN. The van der Waals surface area contributed by atoms with Gasteiger partial charge in [0.15, 0.2) is 0 Å². The topological polar surface area (TPSA) is 3.24 Å². The van der Waals surface area contributed by atoms with Crippen LogP contribution in [0, 0.1) is 11.8 Å². The van der Waals surface area contributed by atoms with Gasteiger partial charge in [-0.15, -0.1) is 12.4 Å². The predicted molar refractivity (Wildman–Crippen MR) is 142 cm³/mol. The van der Waals surface area contributed by atoms with E-state index in [9.17, 15) is 0 Å². The highest BCUT2D eigenvalue weighted by atomic mass is 35.5. The fourth-order valence-corrected chi connectivity index (χ4v) is 3.70. The molecule has 33 heavy (non-hydrogen) atoms. The molecule has 4 rings (SSSR count). The fraction of sp³-hybridized carbons (Fsp3) is 0.0968. The molecule has 0 atom stereocenters. The Labute approximate surface area is 203 Å². The van der Waals surface area contributed by atoms with Crippen molar-refractivity contribution in [3.63, 3.8) is 0 Å². The maximum absolute atomic E-state index is 3.40. The third kappa shape index (κ3) is 7.51. The summed E-state index contributed by atoms with van der Waals surface area (Å²) in [6, 6.07) is 42.1. The van der Waals surface area contributed by atoms with Crippen LogP contribution in [-0.4, -0.2) is 11.4 Å². The van der Waals surface area contributed by atoms with E-state index in [0.29, 0.717) is 6.54 Å².